The second kappa shape index (κ2) is 8.29. The fourth-order valence-electron chi connectivity index (χ4n) is 4.71. The lowest BCUT2D eigenvalue weighted by Crippen LogP contribution is -2.22. The molecule has 1 saturated carbocycles. The van der Waals surface area contributed by atoms with Crippen molar-refractivity contribution in [3.05, 3.63) is 75.3 Å². The molecule has 1 unspecified atom stereocenters. The lowest BCUT2D eigenvalue weighted by Gasteiger charge is -2.29. The van der Waals surface area contributed by atoms with Gasteiger partial charge in [-0.1, -0.05) is 11.6 Å². The number of aromatic nitrogens is 5. The maximum atomic E-state index is 14.9. The predicted molar refractivity (Wildman–Crippen MR) is 126 cm³/mol. The van der Waals surface area contributed by atoms with E-state index in [1.54, 1.807) is 25.4 Å². The van der Waals surface area contributed by atoms with Crippen LogP contribution in [-0.4, -0.2) is 31.2 Å². The summed E-state index contributed by atoms with van der Waals surface area (Å²) in [4.78, 5) is 17.8. The quantitative estimate of drug-likeness (QED) is 0.414. The fraction of sp³-hybridized carbons (Fsp3) is 0.360. The van der Waals surface area contributed by atoms with E-state index in [9.17, 15) is 9.18 Å². The molecule has 174 valence electrons. The first-order valence-corrected chi connectivity index (χ1v) is 11.8. The first-order valence-electron chi connectivity index (χ1n) is 11.5. The molecule has 6 rings (SSSR count). The highest BCUT2D eigenvalue weighted by Gasteiger charge is 2.30. The molecular formula is C25H23ClFN5O2. The summed E-state index contributed by atoms with van der Waals surface area (Å²) in [7, 11) is 1.60. The molecule has 2 fully saturated rings. The first-order chi connectivity index (χ1) is 16.5. The SMILES string of the molecule is Cn1ncc2c(-c3ccc(Cl)cc3F)nc(C3CCO[C@@H](c4cnn(C5CC5)c4)C3)cc2c1=O. The molecule has 4 aromatic rings. The highest BCUT2D eigenvalue weighted by molar-refractivity contribution is 6.30. The molecule has 1 aliphatic heterocycles. The van der Waals surface area contributed by atoms with Crippen molar-refractivity contribution in [1.82, 2.24) is 24.5 Å². The molecule has 1 saturated heterocycles. The molecule has 0 spiro atoms. The van der Waals surface area contributed by atoms with Crippen LogP contribution in [0.5, 0.6) is 0 Å². The van der Waals surface area contributed by atoms with Gasteiger partial charge < -0.3 is 4.74 Å². The minimum atomic E-state index is -0.489. The Morgan fingerprint density at radius 1 is 1.12 bits per heavy atom. The molecule has 0 N–H and O–H groups in total. The Balaban J connectivity index is 1.43. The number of halogens is 2. The number of ether oxygens (including phenoxy) is 1. The summed E-state index contributed by atoms with van der Waals surface area (Å²) in [6, 6.07) is 6.82. The van der Waals surface area contributed by atoms with Crippen LogP contribution in [0.3, 0.4) is 0 Å². The minimum Gasteiger partial charge on any atom is -0.373 e. The van der Waals surface area contributed by atoms with Gasteiger partial charge in [0.2, 0.25) is 0 Å². The summed E-state index contributed by atoms with van der Waals surface area (Å²) in [6.07, 6.45) is 9.25. The maximum absolute atomic E-state index is 14.9. The van der Waals surface area contributed by atoms with Crippen molar-refractivity contribution in [3.8, 4) is 11.3 Å². The number of nitrogens with zero attached hydrogens (tertiary/aromatic N) is 5. The number of hydrogen-bond acceptors (Lipinski definition) is 5. The van der Waals surface area contributed by atoms with E-state index < -0.39 is 5.82 Å². The summed E-state index contributed by atoms with van der Waals surface area (Å²) < 4.78 is 24.3. The zero-order chi connectivity index (χ0) is 23.4. The molecular weight excluding hydrogens is 457 g/mol. The third kappa shape index (κ3) is 3.80. The molecule has 2 aliphatic rings. The van der Waals surface area contributed by atoms with E-state index in [1.807, 2.05) is 16.9 Å². The standard InChI is InChI=1S/C25H23ClFN5O2/c1-31-25(33)19-10-22(30-24(20(19)12-28-31)18-5-2-16(26)9-21(18)27)14-6-7-34-23(8-14)15-11-29-32(13-15)17-3-4-17/h2,5,9-14,17,23H,3-4,6-8H2,1H3/t14?,23-/m1/s1. The zero-order valence-corrected chi connectivity index (χ0v) is 19.4. The molecule has 4 heterocycles. The van der Waals surface area contributed by atoms with Crippen molar-refractivity contribution in [3.63, 3.8) is 0 Å². The van der Waals surface area contributed by atoms with Gasteiger partial charge in [0.25, 0.3) is 5.56 Å². The third-order valence-corrected chi connectivity index (χ3v) is 7.00. The van der Waals surface area contributed by atoms with Crippen LogP contribution in [0.15, 0.2) is 47.7 Å². The van der Waals surface area contributed by atoms with E-state index in [0.717, 1.165) is 17.7 Å². The Morgan fingerprint density at radius 2 is 1.97 bits per heavy atom. The third-order valence-electron chi connectivity index (χ3n) is 6.77. The first kappa shape index (κ1) is 21.4. The van der Waals surface area contributed by atoms with Crippen LogP contribution < -0.4 is 5.56 Å². The van der Waals surface area contributed by atoms with Crippen LogP contribution in [0.25, 0.3) is 22.0 Å². The van der Waals surface area contributed by atoms with Crippen molar-refractivity contribution in [1.29, 1.82) is 0 Å². The van der Waals surface area contributed by atoms with Crippen molar-refractivity contribution in [2.24, 2.45) is 7.05 Å². The molecule has 1 aromatic carbocycles. The van der Waals surface area contributed by atoms with Crippen LogP contribution in [0.2, 0.25) is 5.02 Å². The highest BCUT2D eigenvalue weighted by Crippen LogP contribution is 2.40. The summed E-state index contributed by atoms with van der Waals surface area (Å²) in [5.74, 6) is -0.434. The predicted octanol–water partition coefficient (Wildman–Crippen LogP) is 4.95. The van der Waals surface area contributed by atoms with Gasteiger partial charge in [-0.05, 0) is 49.9 Å². The smallest absolute Gasteiger partial charge is 0.274 e. The van der Waals surface area contributed by atoms with Crippen LogP contribution in [0.4, 0.5) is 4.39 Å². The average Bonchev–Trinajstić information content (AvgIpc) is 3.57. The molecule has 0 radical (unpaired) electrons. The van der Waals surface area contributed by atoms with E-state index >= 15 is 0 Å². The topological polar surface area (TPSA) is 74.8 Å². The number of aryl methyl sites for hydroxylation is 1. The molecule has 7 nitrogen and oxygen atoms in total. The molecule has 9 heteroatoms. The zero-order valence-electron chi connectivity index (χ0n) is 18.6. The number of pyridine rings is 1. The molecule has 34 heavy (non-hydrogen) atoms. The number of benzene rings is 1. The van der Waals surface area contributed by atoms with E-state index in [2.05, 4.69) is 16.4 Å². The van der Waals surface area contributed by atoms with Crippen LogP contribution in [-0.2, 0) is 11.8 Å². The summed E-state index contributed by atoms with van der Waals surface area (Å²) in [5.41, 5.74) is 2.26. The second-order valence-electron chi connectivity index (χ2n) is 9.12. The molecule has 2 atom stereocenters. The van der Waals surface area contributed by atoms with E-state index in [0.29, 0.717) is 46.1 Å². The monoisotopic (exact) mass is 479 g/mol. The Hall–Kier alpha value is -3.10. The van der Waals surface area contributed by atoms with Gasteiger partial charge in [-0.25, -0.2) is 9.07 Å². The normalized spacial score (nSPS) is 20.7. The number of rotatable bonds is 4. The van der Waals surface area contributed by atoms with E-state index in [1.165, 1.54) is 23.6 Å². The average molecular weight is 480 g/mol. The van der Waals surface area contributed by atoms with Gasteiger partial charge >= 0.3 is 0 Å². The molecule has 1 aliphatic carbocycles. The van der Waals surface area contributed by atoms with Gasteiger partial charge in [0.1, 0.15) is 5.82 Å². The van der Waals surface area contributed by atoms with Gasteiger partial charge in [-0.15, -0.1) is 0 Å². The van der Waals surface area contributed by atoms with Gasteiger partial charge in [-0.3, -0.25) is 14.5 Å². The largest absolute Gasteiger partial charge is 0.373 e. The fourth-order valence-corrected chi connectivity index (χ4v) is 4.86. The summed E-state index contributed by atoms with van der Waals surface area (Å²) in [6.45, 7) is 0.572. The van der Waals surface area contributed by atoms with Gasteiger partial charge in [0, 0.05) is 53.0 Å². The Morgan fingerprint density at radius 3 is 2.76 bits per heavy atom. The van der Waals surface area contributed by atoms with Crippen LogP contribution >= 0.6 is 11.6 Å². The van der Waals surface area contributed by atoms with E-state index in [-0.39, 0.29) is 17.6 Å². The second-order valence-corrected chi connectivity index (χ2v) is 9.56. The van der Waals surface area contributed by atoms with Crippen molar-refractivity contribution in [2.45, 2.75) is 43.7 Å². The van der Waals surface area contributed by atoms with E-state index in [4.69, 9.17) is 21.3 Å². The number of fused-ring (bicyclic) bond motifs is 1. The maximum Gasteiger partial charge on any atom is 0.274 e. The lowest BCUT2D eigenvalue weighted by atomic mass is 9.89. The Labute approximate surface area is 200 Å². The summed E-state index contributed by atoms with van der Waals surface area (Å²) >= 11 is 5.97. The van der Waals surface area contributed by atoms with Gasteiger partial charge in [0.15, 0.2) is 0 Å². The molecule has 3 aromatic heterocycles. The highest BCUT2D eigenvalue weighted by atomic mass is 35.5. The van der Waals surface area contributed by atoms with Crippen molar-refractivity contribution >= 4 is 22.4 Å². The minimum absolute atomic E-state index is 0.0550. The number of hydrogen-bond donors (Lipinski definition) is 0. The molecule has 0 amide bonds. The van der Waals surface area contributed by atoms with Gasteiger partial charge in [-0.2, -0.15) is 10.2 Å². The van der Waals surface area contributed by atoms with Crippen molar-refractivity contribution in [2.75, 3.05) is 6.61 Å². The van der Waals surface area contributed by atoms with Crippen LogP contribution in [0.1, 0.15) is 55.0 Å². The van der Waals surface area contributed by atoms with Gasteiger partial charge in [0.05, 0.1) is 35.6 Å². The molecule has 0 bridgehead atoms. The van der Waals surface area contributed by atoms with Crippen LogP contribution in [0, 0.1) is 5.82 Å². The summed E-state index contributed by atoms with van der Waals surface area (Å²) in [5, 5.41) is 9.93. The Bertz CT molecular complexity index is 1460. The lowest BCUT2D eigenvalue weighted by molar-refractivity contribution is 0.00463. The van der Waals surface area contributed by atoms with Crippen molar-refractivity contribution < 1.29 is 9.13 Å². The Kier molecular flexibility index (Phi) is 5.22.